The number of rotatable bonds is 2. The molecule has 2 nitrogen and oxygen atoms in total. The van der Waals surface area contributed by atoms with Crippen molar-refractivity contribution in [3.8, 4) is 0 Å². The van der Waals surface area contributed by atoms with Gasteiger partial charge in [-0.25, -0.2) is 0 Å². The Bertz CT molecular complexity index is 933. The molecule has 0 saturated heterocycles. The third kappa shape index (κ3) is 1.94. The van der Waals surface area contributed by atoms with Gasteiger partial charge in [-0.15, -0.1) is 0 Å². The Balaban J connectivity index is 1.97. The zero-order valence-electron chi connectivity index (χ0n) is 13.9. The molecule has 2 aromatic heterocycles. The average molecular weight is 304 g/mol. The summed E-state index contributed by atoms with van der Waals surface area (Å²) >= 11 is 0. The predicted octanol–water partition coefficient (Wildman–Crippen LogP) is 6.12. The van der Waals surface area contributed by atoms with Crippen LogP contribution in [-0.4, -0.2) is 0 Å². The fraction of sp³-hybridized carbons (Fsp3) is 0.238. The molecule has 4 rings (SSSR count). The van der Waals surface area contributed by atoms with Crippen LogP contribution >= 0.6 is 0 Å². The second-order valence-corrected chi connectivity index (χ2v) is 6.73. The van der Waals surface area contributed by atoms with E-state index in [1.54, 1.807) is 0 Å². The molecule has 0 radical (unpaired) electrons. The lowest BCUT2D eigenvalue weighted by Crippen LogP contribution is -2.19. The third-order valence-electron chi connectivity index (χ3n) is 4.82. The Morgan fingerprint density at radius 3 is 1.43 bits per heavy atom. The topological polar surface area (TPSA) is 26.3 Å². The first-order valence-corrected chi connectivity index (χ1v) is 7.97. The Morgan fingerprint density at radius 2 is 1.04 bits per heavy atom. The maximum absolute atomic E-state index is 6.21. The van der Waals surface area contributed by atoms with Crippen molar-refractivity contribution in [1.29, 1.82) is 0 Å². The molecule has 2 heteroatoms. The van der Waals surface area contributed by atoms with Gasteiger partial charge in [-0.2, -0.15) is 0 Å². The van der Waals surface area contributed by atoms with Crippen molar-refractivity contribution in [2.24, 2.45) is 0 Å². The first-order valence-electron chi connectivity index (χ1n) is 7.97. The van der Waals surface area contributed by atoms with Crippen molar-refractivity contribution < 1.29 is 8.83 Å². The number of furan rings is 2. The fourth-order valence-electron chi connectivity index (χ4n) is 3.64. The fourth-order valence-corrected chi connectivity index (χ4v) is 3.64. The van der Waals surface area contributed by atoms with Gasteiger partial charge in [0, 0.05) is 10.8 Å². The van der Waals surface area contributed by atoms with Crippen LogP contribution in [0, 0.1) is 13.8 Å². The molecule has 0 aliphatic heterocycles. The molecule has 2 aromatic carbocycles. The van der Waals surface area contributed by atoms with Crippen LogP contribution in [-0.2, 0) is 5.41 Å². The van der Waals surface area contributed by atoms with Crippen molar-refractivity contribution in [3.63, 3.8) is 0 Å². The van der Waals surface area contributed by atoms with Gasteiger partial charge in [0.15, 0.2) is 0 Å². The molecular formula is C21H20O2. The molecule has 0 bridgehead atoms. The molecule has 0 atom stereocenters. The largest absolute Gasteiger partial charge is 0.460 e. The molecule has 0 amide bonds. The monoisotopic (exact) mass is 304 g/mol. The number of hydrogen-bond acceptors (Lipinski definition) is 2. The quantitative estimate of drug-likeness (QED) is 0.446. The van der Waals surface area contributed by atoms with Gasteiger partial charge in [0.2, 0.25) is 0 Å². The van der Waals surface area contributed by atoms with Gasteiger partial charge in [-0.1, -0.05) is 36.4 Å². The van der Waals surface area contributed by atoms with Gasteiger partial charge in [0.05, 0.1) is 5.41 Å². The predicted molar refractivity (Wildman–Crippen MR) is 94.0 cm³/mol. The van der Waals surface area contributed by atoms with E-state index in [0.29, 0.717) is 0 Å². The average Bonchev–Trinajstić information content (AvgIpc) is 3.07. The normalized spacial score (nSPS) is 12.3. The molecule has 23 heavy (non-hydrogen) atoms. The highest BCUT2D eigenvalue weighted by Gasteiger charge is 2.35. The standard InChI is InChI=1S/C21H20O2/c1-13-15-9-5-7-11-17(15)22-19(13)21(3,4)20-14(2)16-10-6-8-12-18(16)23-20/h5-12H,1-4H3. The van der Waals surface area contributed by atoms with E-state index in [-0.39, 0.29) is 5.41 Å². The van der Waals surface area contributed by atoms with E-state index in [4.69, 9.17) is 8.83 Å². The number of benzene rings is 2. The summed E-state index contributed by atoms with van der Waals surface area (Å²) in [5.74, 6) is 1.95. The summed E-state index contributed by atoms with van der Waals surface area (Å²) in [5, 5.41) is 2.34. The highest BCUT2D eigenvalue weighted by Crippen LogP contribution is 2.42. The van der Waals surface area contributed by atoms with Crippen molar-refractivity contribution in [3.05, 3.63) is 71.2 Å². The van der Waals surface area contributed by atoms with E-state index in [0.717, 1.165) is 22.7 Å². The lowest BCUT2D eigenvalue weighted by molar-refractivity contribution is 0.381. The summed E-state index contributed by atoms with van der Waals surface area (Å²) < 4.78 is 12.4. The molecule has 0 saturated carbocycles. The highest BCUT2D eigenvalue weighted by atomic mass is 16.4. The molecule has 2 heterocycles. The van der Waals surface area contributed by atoms with Gasteiger partial charge in [-0.3, -0.25) is 0 Å². The lowest BCUT2D eigenvalue weighted by atomic mass is 9.83. The Hall–Kier alpha value is -2.48. The van der Waals surface area contributed by atoms with E-state index in [1.807, 2.05) is 36.4 Å². The molecular weight excluding hydrogens is 284 g/mol. The number of fused-ring (bicyclic) bond motifs is 2. The number of aryl methyl sites for hydroxylation is 2. The van der Waals surface area contributed by atoms with Crippen molar-refractivity contribution in [2.45, 2.75) is 33.1 Å². The van der Waals surface area contributed by atoms with Gasteiger partial charge in [0.25, 0.3) is 0 Å². The van der Waals surface area contributed by atoms with Crippen LogP contribution in [0.15, 0.2) is 57.4 Å². The summed E-state index contributed by atoms with van der Waals surface area (Å²) in [7, 11) is 0. The third-order valence-corrected chi connectivity index (χ3v) is 4.82. The Kier molecular flexibility index (Phi) is 2.92. The van der Waals surface area contributed by atoms with Crippen molar-refractivity contribution in [1.82, 2.24) is 0 Å². The maximum Gasteiger partial charge on any atom is 0.134 e. The zero-order valence-corrected chi connectivity index (χ0v) is 13.9. The van der Waals surface area contributed by atoms with E-state index >= 15 is 0 Å². The summed E-state index contributed by atoms with van der Waals surface area (Å²) in [6.45, 7) is 8.59. The number of hydrogen-bond donors (Lipinski definition) is 0. The molecule has 116 valence electrons. The lowest BCUT2D eigenvalue weighted by Gasteiger charge is -2.21. The zero-order chi connectivity index (χ0) is 16.2. The summed E-state index contributed by atoms with van der Waals surface area (Å²) in [4.78, 5) is 0. The van der Waals surface area contributed by atoms with Gasteiger partial charge >= 0.3 is 0 Å². The second kappa shape index (κ2) is 4.76. The minimum atomic E-state index is -0.327. The summed E-state index contributed by atoms with van der Waals surface area (Å²) in [6, 6.07) is 16.4. The maximum atomic E-state index is 6.21. The smallest absolute Gasteiger partial charge is 0.134 e. The molecule has 0 unspecified atom stereocenters. The molecule has 0 N–H and O–H groups in total. The first kappa shape index (κ1) is 14.1. The summed E-state index contributed by atoms with van der Waals surface area (Å²) in [6.07, 6.45) is 0. The molecule has 4 aromatic rings. The van der Waals surface area contributed by atoms with E-state index in [2.05, 4.69) is 39.8 Å². The van der Waals surface area contributed by atoms with E-state index in [1.165, 1.54) is 21.9 Å². The van der Waals surface area contributed by atoms with E-state index < -0.39 is 0 Å². The molecule has 0 aliphatic rings. The van der Waals surface area contributed by atoms with Crippen LogP contribution in [0.25, 0.3) is 21.9 Å². The van der Waals surface area contributed by atoms with Crippen molar-refractivity contribution >= 4 is 21.9 Å². The minimum absolute atomic E-state index is 0.327. The highest BCUT2D eigenvalue weighted by molar-refractivity contribution is 5.84. The van der Waals surface area contributed by atoms with Gasteiger partial charge < -0.3 is 8.83 Å². The van der Waals surface area contributed by atoms with E-state index in [9.17, 15) is 0 Å². The number of para-hydroxylation sites is 2. The van der Waals surface area contributed by atoms with Crippen LogP contribution in [0.5, 0.6) is 0 Å². The minimum Gasteiger partial charge on any atom is -0.460 e. The summed E-state index contributed by atoms with van der Waals surface area (Å²) in [5.41, 5.74) is 3.91. The van der Waals surface area contributed by atoms with Crippen LogP contribution in [0.1, 0.15) is 36.5 Å². The SMILES string of the molecule is Cc1c(C(C)(C)c2oc3ccccc3c2C)oc2ccccc12. The molecule has 0 spiro atoms. The Labute approximate surface area is 135 Å². The first-order chi connectivity index (χ1) is 11.0. The molecule has 0 aliphatic carbocycles. The van der Waals surface area contributed by atoms with Gasteiger partial charge in [-0.05, 0) is 51.0 Å². The van der Waals surface area contributed by atoms with Crippen LogP contribution in [0.2, 0.25) is 0 Å². The molecule has 0 fully saturated rings. The van der Waals surface area contributed by atoms with Crippen LogP contribution in [0.4, 0.5) is 0 Å². The van der Waals surface area contributed by atoms with Gasteiger partial charge in [0.1, 0.15) is 22.7 Å². The van der Waals surface area contributed by atoms with Crippen molar-refractivity contribution in [2.75, 3.05) is 0 Å². The van der Waals surface area contributed by atoms with Crippen LogP contribution in [0.3, 0.4) is 0 Å². The Morgan fingerprint density at radius 1 is 0.652 bits per heavy atom. The van der Waals surface area contributed by atoms with Crippen LogP contribution < -0.4 is 0 Å². The second-order valence-electron chi connectivity index (χ2n) is 6.73.